The van der Waals surface area contributed by atoms with Crippen molar-refractivity contribution in [2.75, 3.05) is 33.2 Å². The lowest BCUT2D eigenvalue weighted by molar-refractivity contribution is -0.137. The summed E-state index contributed by atoms with van der Waals surface area (Å²) in [4.78, 5) is 17.0. The number of hydrogen-bond donors (Lipinski definition) is 0. The highest BCUT2D eigenvalue weighted by atomic mass is 19.4. The summed E-state index contributed by atoms with van der Waals surface area (Å²) in [5.41, 5.74) is 1.53. The Kier molecular flexibility index (Phi) is 6.88. The van der Waals surface area contributed by atoms with Gasteiger partial charge in [0.2, 0.25) is 0 Å². The van der Waals surface area contributed by atoms with E-state index in [1.54, 1.807) is 11.0 Å². The number of hydrogen-bond acceptors (Lipinski definition) is 4. The third kappa shape index (κ3) is 5.34. The minimum atomic E-state index is -4.31. The number of alkyl halides is 3. The van der Waals surface area contributed by atoms with Crippen LogP contribution in [-0.4, -0.2) is 54.1 Å². The predicted octanol–water partition coefficient (Wildman–Crippen LogP) is 4.60. The van der Waals surface area contributed by atoms with Crippen LogP contribution in [0.2, 0.25) is 0 Å². The first-order chi connectivity index (χ1) is 15.3. The second kappa shape index (κ2) is 9.65. The average Bonchev–Trinajstić information content (AvgIpc) is 3.21. The van der Waals surface area contributed by atoms with Crippen molar-refractivity contribution in [1.29, 1.82) is 0 Å². The summed E-state index contributed by atoms with van der Waals surface area (Å²) in [7, 11) is 1.81. The van der Waals surface area contributed by atoms with Crippen molar-refractivity contribution in [3.63, 3.8) is 0 Å². The van der Waals surface area contributed by atoms with Crippen molar-refractivity contribution < 1.29 is 22.5 Å². The first-order valence-corrected chi connectivity index (χ1v) is 11.4. The molecular formula is C24H30F3N3O2. The van der Waals surface area contributed by atoms with Gasteiger partial charge in [-0.15, -0.1) is 0 Å². The zero-order valence-electron chi connectivity index (χ0n) is 18.5. The molecule has 0 spiro atoms. The Morgan fingerprint density at radius 1 is 1.25 bits per heavy atom. The molecule has 2 aromatic rings. The van der Waals surface area contributed by atoms with E-state index in [-0.39, 0.29) is 5.91 Å². The van der Waals surface area contributed by atoms with Crippen LogP contribution < -0.4 is 0 Å². The second-order valence-corrected chi connectivity index (χ2v) is 9.08. The topological polar surface area (TPSA) is 49.6 Å². The zero-order valence-corrected chi connectivity index (χ0v) is 18.5. The molecule has 0 bridgehead atoms. The van der Waals surface area contributed by atoms with E-state index in [1.165, 1.54) is 12.1 Å². The summed E-state index contributed by atoms with van der Waals surface area (Å²) in [6.07, 6.45) is 2.15. The monoisotopic (exact) mass is 449 g/mol. The van der Waals surface area contributed by atoms with Gasteiger partial charge in [-0.2, -0.15) is 13.2 Å². The Labute approximate surface area is 186 Å². The molecule has 4 rings (SSSR count). The van der Waals surface area contributed by atoms with E-state index >= 15 is 0 Å². The van der Waals surface area contributed by atoms with Crippen molar-refractivity contribution in [2.45, 2.75) is 51.1 Å². The Morgan fingerprint density at radius 2 is 2.06 bits per heavy atom. The standard InChI is InChI=1S/C24H30F3N3O2/c1-29(23(31)22-20-9-2-3-10-21(20)32-28-22)15-18-7-5-12-30(16-18)13-11-17-6-4-8-19(14-17)24(25,26)27/h4,6,8,14,18H,2-3,5,7,9-13,15-16H2,1H3. The first kappa shape index (κ1) is 22.8. The highest BCUT2D eigenvalue weighted by molar-refractivity contribution is 5.93. The maximum absolute atomic E-state index is 13.0. The van der Waals surface area contributed by atoms with Crippen molar-refractivity contribution >= 4 is 5.91 Å². The number of rotatable bonds is 6. The van der Waals surface area contributed by atoms with E-state index in [1.807, 2.05) is 7.05 Å². The number of nitrogens with zero attached hydrogens (tertiary/aromatic N) is 3. The molecule has 0 saturated carbocycles. The molecule has 8 heteroatoms. The molecule has 2 aliphatic rings. The maximum Gasteiger partial charge on any atom is 0.416 e. The van der Waals surface area contributed by atoms with Crippen LogP contribution in [0.15, 0.2) is 28.8 Å². The fourth-order valence-electron chi connectivity index (χ4n) is 4.90. The fourth-order valence-corrected chi connectivity index (χ4v) is 4.90. The van der Waals surface area contributed by atoms with Crippen molar-refractivity contribution in [3.8, 4) is 0 Å². The van der Waals surface area contributed by atoms with Gasteiger partial charge in [-0.3, -0.25) is 4.79 Å². The number of benzene rings is 1. The summed E-state index contributed by atoms with van der Waals surface area (Å²) < 4.78 is 44.2. The van der Waals surface area contributed by atoms with E-state index < -0.39 is 11.7 Å². The minimum Gasteiger partial charge on any atom is -0.360 e. The Morgan fingerprint density at radius 3 is 2.88 bits per heavy atom. The number of fused-ring (bicyclic) bond motifs is 1. The lowest BCUT2D eigenvalue weighted by Crippen LogP contribution is -2.42. The molecule has 32 heavy (non-hydrogen) atoms. The van der Waals surface area contributed by atoms with Gasteiger partial charge in [0.05, 0.1) is 5.56 Å². The van der Waals surface area contributed by atoms with E-state index in [0.29, 0.717) is 36.7 Å². The van der Waals surface area contributed by atoms with Gasteiger partial charge >= 0.3 is 6.18 Å². The van der Waals surface area contributed by atoms with Gasteiger partial charge in [-0.25, -0.2) is 0 Å². The van der Waals surface area contributed by atoms with E-state index in [9.17, 15) is 18.0 Å². The molecule has 5 nitrogen and oxygen atoms in total. The van der Waals surface area contributed by atoms with Crippen LogP contribution in [0.4, 0.5) is 13.2 Å². The first-order valence-electron chi connectivity index (χ1n) is 11.4. The van der Waals surface area contributed by atoms with Gasteiger partial charge in [0.1, 0.15) is 5.76 Å². The molecule has 1 unspecified atom stereocenters. The SMILES string of the molecule is CN(CC1CCCN(CCc2cccc(C(F)(F)F)c2)C1)C(=O)c1noc2c1CCCC2. The zero-order chi connectivity index (χ0) is 22.7. The molecule has 1 saturated heterocycles. The van der Waals surface area contributed by atoms with Crippen LogP contribution in [0.1, 0.15) is 58.6 Å². The molecule has 174 valence electrons. The lowest BCUT2D eigenvalue weighted by atomic mass is 9.95. The number of carbonyl (C=O) groups excluding carboxylic acids is 1. The largest absolute Gasteiger partial charge is 0.416 e. The maximum atomic E-state index is 13.0. The molecular weight excluding hydrogens is 419 g/mol. The second-order valence-electron chi connectivity index (χ2n) is 9.08. The summed E-state index contributed by atoms with van der Waals surface area (Å²) in [6, 6.07) is 5.58. The van der Waals surface area contributed by atoms with Gasteiger partial charge in [0.25, 0.3) is 5.91 Å². The summed E-state index contributed by atoms with van der Waals surface area (Å²) in [5, 5.41) is 4.06. The summed E-state index contributed by atoms with van der Waals surface area (Å²) in [5.74, 6) is 1.10. The lowest BCUT2D eigenvalue weighted by Gasteiger charge is -2.34. The molecule has 0 N–H and O–H groups in total. The highest BCUT2D eigenvalue weighted by Crippen LogP contribution is 2.30. The van der Waals surface area contributed by atoms with E-state index in [0.717, 1.165) is 69.0 Å². The number of likely N-dealkylation sites (tertiary alicyclic amines) is 1. The van der Waals surface area contributed by atoms with Crippen LogP contribution in [0.25, 0.3) is 0 Å². The minimum absolute atomic E-state index is 0.0852. The number of halogens is 3. The quantitative estimate of drug-likeness (QED) is 0.647. The van der Waals surface area contributed by atoms with Crippen LogP contribution in [0.5, 0.6) is 0 Å². The number of carbonyl (C=O) groups is 1. The highest BCUT2D eigenvalue weighted by Gasteiger charge is 2.31. The third-order valence-corrected chi connectivity index (χ3v) is 6.61. The van der Waals surface area contributed by atoms with Gasteiger partial charge in [0.15, 0.2) is 5.69 Å². The van der Waals surface area contributed by atoms with E-state index in [4.69, 9.17) is 4.52 Å². The molecule has 1 aromatic carbocycles. The Hall–Kier alpha value is -2.35. The van der Waals surface area contributed by atoms with Crippen molar-refractivity contribution in [3.05, 3.63) is 52.4 Å². The number of aromatic nitrogens is 1. The van der Waals surface area contributed by atoms with Crippen molar-refractivity contribution in [1.82, 2.24) is 15.0 Å². The molecule has 1 aliphatic carbocycles. The molecule has 1 amide bonds. The van der Waals surface area contributed by atoms with Gasteiger partial charge in [-0.05, 0) is 62.6 Å². The fraction of sp³-hybridized carbons (Fsp3) is 0.583. The molecule has 2 heterocycles. The van der Waals surface area contributed by atoms with Crippen LogP contribution in [0.3, 0.4) is 0 Å². The van der Waals surface area contributed by atoms with Crippen LogP contribution in [-0.2, 0) is 25.4 Å². The smallest absolute Gasteiger partial charge is 0.360 e. The Bertz CT molecular complexity index is 941. The number of aryl methyl sites for hydroxylation is 1. The van der Waals surface area contributed by atoms with Crippen LogP contribution >= 0.6 is 0 Å². The molecule has 1 aliphatic heterocycles. The number of piperidine rings is 1. The van der Waals surface area contributed by atoms with Gasteiger partial charge in [-0.1, -0.05) is 23.4 Å². The predicted molar refractivity (Wildman–Crippen MR) is 114 cm³/mol. The Balaban J connectivity index is 1.30. The molecule has 1 aromatic heterocycles. The number of amides is 1. The molecule has 1 fully saturated rings. The molecule has 0 radical (unpaired) electrons. The molecule has 1 atom stereocenters. The average molecular weight is 450 g/mol. The van der Waals surface area contributed by atoms with E-state index in [2.05, 4.69) is 10.1 Å². The summed E-state index contributed by atoms with van der Waals surface area (Å²) >= 11 is 0. The normalized spacial score (nSPS) is 19.6. The van der Waals surface area contributed by atoms with Gasteiger partial charge < -0.3 is 14.3 Å². The van der Waals surface area contributed by atoms with Crippen LogP contribution in [0, 0.1) is 5.92 Å². The third-order valence-electron chi connectivity index (χ3n) is 6.61. The van der Waals surface area contributed by atoms with Gasteiger partial charge in [0, 0.05) is 38.7 Å². The summed E-state index contributed by atoms with van der Waals surface area (Å²) in [6.45, 7) is 3.13. The van der Waals surface area contributed by atoms with Crippen molar-refractivity contribution in [2.24, 2.45) is 5.92 Å².